The van der Waals surface area contributed by atoms with Gasteiger partial charge in [-0.15, -0.1) is 0 Å². The first-order valence-corrected chi connectivity index (χ1v) is 8.15. The van der Waals surface area contributed by atoms with Crippen molar-refractivity contribution in [2.45, 2.75) is 19.5 Å². The summed E-state index contributed by atoms with van der Waals surface area (Å²) in [5.74, 6) is 0.835. The van der Waals surface area contributed by atoms with Crippen molar-refractivity contribution in [3.05, 3.63) is 59.9 Å². The Morgan fingerprint density at radius 3 is 2.72 bits per heavy atom. The monoisotopic (exact) mass is 338 g/mol. The Morgan fingerprint density at radius 1 is 1.24 bits per heavy atom. The lowest BCUT2D eigenvalue weighted by atomic mass is 10.1. The van der Waals surface area contributed by atoms with E-state index in [-0.39, 0.29) is 12.1 Å². The number of hydrogen-bond acceptors (Lipinski definition) is 3. The summed E-state index contributed by atoms with van der Waals surface area (Å²) >= 11 is 0. The quantitative estimate of drug-likeness (QED) is 0.751. The van der Waals surface area contributed by atoms with Crippen LogP contribution in [0.5, 0.6) is 5.75 Å². The van der Waals surface area contributed by atoms with E-state index in [4.69, 9.17) is 4.74 Å². The van der Waals surface area contributed by atoms with Gasteiger partial charge in [-0.2, -0.15) is 5.10 Å². The first-order valence-electron chi connectivity index (χ1n) is 8.15. The lowest BCUT2D eigenvalue weighted by molar-refractivity contribution is 0.237. The minimum atomic E-state index is -0.203. The van der Waals surface area contributed by atoms with E-state index >= 15 is 0 Å². The summed E-state index contributed by atoms with van der Waals surface area (Å²) in [5, 5.41) is 12.1. The molecular formula is C19H22N4O2. The third-order valence-corrected chi connectivity index (χ3v) is 4.14. The average molecular weight is 338 g/mol. The number of aryl methyl sites for hydroxylation is 1. The molecule has 1 heterocycles. The van der Waals surface area contributed by atoms with Gasteiger partial charge in [0.25, 0.3) is 0 Å². The van der Waals surface area contributed by atoms with E-state index < -0.39 is 0 Å². The number of aromatic nitrogens is 2. The van der Waals surface area contributed by atoms with Gasteiger partial charge >= 0.3 is 6.03 Å². The number of nitrogens with zero attached hydrogens (tertiary/aromatic N) is 2. The van der Waals surface area contributed by atoms with Crippen LogP contribution in [0.1, 0.15) is 24.1 Å². The molecule has 6 nitrogen and oxygen atoms in total. The third kappa shape index (κ3) is 4.09. The maximum absolute atomic E-state index is 12.1. The average Bonchev–Trinajstić information content (AvgIpc) is 3.06. The predicted octanol–water partition coefficient (Wildman–Crippen LogP) is 3.14. The summed E-state index contributed by atoms with van der Waals surface area (Å²) in [7, 11) is 3.51. The highest BCUT2D eigenvalue weighted by atomic mass is 16.5. The van der Waals surface area contributed by atoms with Gasteiger partial charge in [0.05, 0.1) is 19.3 Å². The zero-order chi connectivity index (χ0) is 17.8. The van der Waals surface area contributed by atoms with Gasteiger partial charge in [-0.3, -0.25) is 4.68 Å². The van der Waals surface area contributed by atoms with Crippen LogP contribution in [0.3, 0.4) is 0 Å². The zero-order valence-electron chi connectivity index (χ0n) is 14.6. The van der Waals surface area contributed by atoms with E-state index in [0.717, 1.165) is 27.6 Å². The number of nitrogens with one attached hydrogen (secondary N) is 2. The first-order chi connectivity index (χ1) is 12.0. The molecule has 3 aromatic rings. The lowest BCUT2D eigenvalue weighted by Gasteiger charge is -2.13. The molecule has 1 aromatic heterocycles. The van der Waals surface area contributed by atoms with Crippen LogP contribution in [0.15, 0.2) is 48.8 Å². The van der Waals surface area contributed by atoms with Crippen molar-refractivity contribution in [3.63, 3.8) is 0 Å². The normalized spacial score (nSPS) is 12.0. The molecule has 0 saturated carbocycles. The van der Waals surface area contributed by atoms with Crippen LogP contribution < -0.4 is 15.4 Å². The molecule has 130 valence electrons. The molecule has 0 unspecified atom stereocenters. The number of ether oxygens (including phenoxy) is 1. The van der Waals surface area contributed by atoms with Gasteiger partial charge in [-0.05, 0) is 41.5 Å². The third-order valence-electron chi connectivity index (χ3n) is 4.14. The Bertz CT molecular complexity index is 888. The van der Waals surface area contributed by atoms with E-state index in [1.807, 2.05) is 50.5 Å². The fourth-order valence-electron chi connectivity index (χ4n) is 2.69. The highest BCUT2D eigenvalue weighted by Gasteiger charge is 2.10. The van der Waals surface area contributed by atoms with Gasteiger partial charge in [0.1, 0.15) is 5.75 Å². The fourth-order valence-corrected chi connectivity index (χ4v) is 2.69. The molecule has 3 rings (SSSR count). The topological polar surface area (TPSA) is 68.2 Å². The van der Waals surface area contributed by atoms with Gasteiger partial charge in [-0.25, -0.2) is 4.79 Å². The molecule has 2 amide bonds. The van der Waals surface area contributed by atoms with Crippen LogP contribution >= 0.6 is 0 Å². The Balaban J connectivity index is 1.59. The highest BCUT2D eigenvalue weighted by molar-refractivity contribution is 5.84. The molecule has 6 heteroatoms. The van der Waals surface area contributed by atoms with Crippen molar-refractivity contribution >= 4 is 16.8 Å². The Kier molecular flexibility index (Phi) is 4.88. The zero-order valence-corrected chi connectivity index (χ0v) is 14.6. The smallest absolute Gasteiger partial charge is 0.315 e. The molecule has 0 bridgehead atoms. The molecule has 2 aromatic carbocycles. The highest BCUT2D eigenvalue weighted by Crippen LogP contribution is 2.21. The fraction of sp³-hybridized carbons (Fsp3) is 0.263. The van der Waals surface area contributed by atoms with Gasteiger partial charge in [0.2, 0.25) is 0 Å². The van der Waals surface area contributed by atoms with Crippen LogP contribution in [0.2, 0.25) is 0 Å². The van der Waals surface area contributed by atoms with E-state index in [1.54, 1.807) is 18.0 Å². The maximum Gasteiger partial charge on any atom is 0.315 e. The molecule has 2 N–H and O–H groups in total. The molecule has 0 spiro atoms. The predicted molar refractivity (Wildman–Crippen MR) is 97.5 cm³/mol. The maximum atomic E-state index is 12.1. The molecule has 0 fully saturated rings. The van der Waals surface area contributed by atoms with Gasteiger partial charge in [0, 0.05) is 25.4 Å². The number of urea groups is 1. The minimum absolute atomic E-state index is 0.0993. The number of rotatable bonds is 5. The summed E-state index contributed by atoms with van der Waals surface area (Å²) < 4.78 is 6.95. The van der Waals surface area contributed by atoms with Crippen molar-refractivity contribution in [3.8, 4) is 5.75 Å². The molecular weight excluding hydrogens is 316 g/mol. The summed E-state index contributed by atoms with van der Waals surface area (Å²) in [5.41, 5.74) is 2.01. The second kappa shape index (κ2) is 7.25. The van der Waals surface area contributed by atoms with Gasteiger partial charge in [-0.1, -0.05) is 18.2 Å². The SMILES string of the molecule is COc1ccc2cc(CNC(=O)N[C@H](C)c3cnn(C)c3)ccc2c1. The molecule has 0 aliphatic rings. The number of amides is 2. The van der Waals surface area contributed by atoms with Gasteiger partial charge in [0.15, 0.2) is 0 Å². The molecule has 1 atom stereocenters. The van der Waals surface area contributed by atoms with Crippen LogP contribution in [-0.4, -0.2) is 22.9 Å². The van der Waals surface area contributed by atoms with Gasteiger partial charge < -0.3 is 15.4 Å². The van der Waals surface area contributed by atoms with Crippen LogP contribution in [0, 0.1) is 0 Å². The van der Waals surface area contributed by atoms with Crippen LogP contribution in [0.25, 0.3) is 10.8 Å². The van der Waals surface area contributed by atoms with E-state index in [9.17, 15) is 4.79 Å². The Hall–Kier alpha value is -3.02. The Morgan fingerprint density at radius 2 is 2.00 bits per heavy atom. The van der Waals surface area contributed by atoms with Crippen molar-refractivity contribution in [1.29, 1.82) is 0 Å². The molecule has 0 aliphatic heterocycles. The first kappa shape index (κ1) is 16.8. The summed E-state index contributed by atoms with van der Waals surface area (Å²) in [4.78, 5) is 12.1. The number of carbonyl (C=O) groups is 1. The second-order valence-electron chi connectivity index (χ2n) is 6.04. The number of hydrogen-bond donors (Lipinski definition) is 2. The summed E-state index contributed by atoms with van der Waals surface area (Å²) in [6.07, 6.45) is 3.64. The summed E-state index contributed by atoms with van der Waals surface area (Å²) in [6, 6.07) is 11.7. The van der Waals surface area contributed by atoms with Crippen molar-refractivity contribution in [2.75, 3.05) is 7.11 Å². The van der Waals surface area contributed by atoms with Crippen LogP contribution in [0.4, 0.5) is 4.79 Å². The van der Waals surface area contributed by atoms with Crippen molar-refractivity contribution in [2.24, 2.45) is 7.05 Å². The largest absolute Gasteiger partial charge is 0.497 e. The van der Waals surface area contributed by atoms with E-state index in [2.05, 4.69) is 21.8 Å². The molecule has 25 heavy (non-hydrogen) atoms. The molecule has 0 radical (unpaired) electrons. The Labute approximate surface area is 146 Å². The molecule has 0 aliphatic carbocycles. The van der Waals surface area contributed by atoms with Crippen molar-refractivity contribution in [1.82, 2.24) is 20.4 Å². The molecule has 0 saturated heterocycles. The second-order valence-corrected chi connectivity index (χ2v) is 6.04. The van der Waals surface area contributed by atoms with E-state index in [1.165, 1.54) is 0 Å². The lowest BCUT2D eigenvalue weighted by Crippen LogP contribution is -2.36. The number of carbonyl (C=O) groups excluding carboxylic acids is 1. The van der Waals surface area contributed by atoms with Crippen molar-refractivity contribution < 1.29 is 9.53 Å². The number of methoxy groups -OCH3 is 1. The van der Waals surface area contributed by atoms with E-state index in [0.29, 0.717) is 6.54 Å². The van der Waals surface area contributed by atoms with Crippen LogP contribution in [-0.2, 0) is 13.6 Å². The standard InChI is InChI=1S/C19H22N4O2/c1-13(17-11-21-23(2)12-17)22-19(24)20-10-14-4-5-16-9-18(25-3)7-6-15(16)8-14/h4-9,11-13H,10H2,1-3H3,(H2,20,22,24)/t13-/m1/s1. The minimum Gasteiger partial charge on any atom is -0.497 e. The number of fused-ring (bicyclic) bond motifs is 1. The summed E-state index contributed by atoms with van der Waals surface area (Å²) in [6.45, 7) is 2.40. The number of benzene rings is 2.